The molecule has 3 heterocycles. The van der Waals surface area contributed by atoms with E-state index in [1.807, 2.05) is 30.3 Å². The molecule has 0 bridgehead atoms. The number of aromatic nitrogens is 5. The van der Waals surface area contributed by atoms with Crippen LogP contribution in [0, 0.1) is 6.92 Å². The molecule has 4 aromatic rings. The molecule has 0 fully saturated rings. The van der Waals surface area contributed by atoms with E-state index in [1.54, 1.807) is 30.7 Å². The minimum absolute atomic E-state index is 0.0859. The smallest absolute Gasteiger partial charge is 0.259 e. The summed E-state index contributed by atoms with van der Waals surface area (Å²) in [7, 11) is 1.60. The minimum Gasteiger partial charge on any atom is -0.496 e. The van der Waals surface area contributed by atoms with Crippen LogP contribution in [0.3, 0.4) is 0 Å². The fraction of sp³-hybridized carbons (Fsp3) is 0.211. The quantitative estimate of drug-likeness (QED) is 0.546. The molecule has 0 aliphatic rings. The number of amides is 1. The first kappa shape index (κ1) is 17.7. The fourth-order valence-electron chi connectivity index (χ4n) is 2.85. The Morgan fingerprint density at radius 3 is 2.86 bits per heavy atom. The Morgan fingerprint density at radius 1 is 1.21 bits per heavy atom. The highest BCUT2D eigenvalue weighted by atomic mass is 16.5. The zero-order valence-electron chi connectivity index (χ0n) is 15.4. The van der Waals surface area contributed by atoms with E-state index in [9.17, 15) is 4.79 Å². The predicted molar refractivity (Wildman–Crippen MR) is 99.6 cm³/mol. The van der Waals surface area contributed by atoms with Gasteiger partial charge in [0, 0.05) is 18.3 Å². The number of methoxy groups -OCH3 is 1. The zero-order valence-corrected chi connectivity index (χ0v) is 15.4. The maximum atomic E-state index is 12.4. The van der Waals surface area contributed by atoms with Crippen LogP contribution in [0.4, 0.5) is 0 Å². The Morgan fingerprint density at radius 2 is 2.07 bits per heavy atom. The molecule has 9 heteroatoms. The number of hydrogen-bond acceptors (Lipinski definition) is 7. The Balaban J connectivity index is 1.50. The van der Waals surface area contributed by atoms with Crippen molar-refractivity contribution in [3.63, 3.8) is 0 Å². The van der Waals surface area contributed by atoms with Crippen LogP contribution in [0.1, 0.15) is 17.2 Å². The molecule has 1 amide bonds. The second kappa shape index (κ2) is 7.47. The first-order valence-corrected chi connectivity index (χ1v) is 8.67. The van der Waals surface area contributed by atoms with Crippen molar-refractivity contribution in [3.05, 3.63) is 59.8 Å². The lowest BCUT2D eigenvalue weighted by molar-refractivity contribution is -0.120. The van der Waals surface area contributed by atoms with Gasteiger partial charge in [0.1, 0.15) is 11.6 Å². The van der Waals surface area contributed by atoms with Gasteiger partial charge in [0.05, 0.1) is 19.1 Å². The van der Waals surface area contributed by atoms with Gasteiger partial charge in [-0.15, -0.1) is 10.2 Å². The number of aryl methyl sites for hydroxylation is 1. The van der Waals surface area contributed by atoms with Crippen LogP contribution < -0.4 is 10.1 Å². The van der Waals surface area contributed by atoms with Gasteiger partial charge in [-0.25, -0.2) is 0 Å². The van der Waals surface area contributed by atoms with Gasteiger partial charge in [-0.1, -0.05) is 23.4 Å². The lowest BCUT2D eigenvalue weighted by atomic mass is 10.2. The van der Waals surface area contributed by atoms with Crippen LogP contribution in [0.5, 0.6) is 5.75 Å². The molecule has 1 N–H and O–H groups in total. The monoisotopic (exact) mass is 378 g/mol. The lowest BCUT2D eigenvalue weighted by Crippen LogP contribution is -2.25. The molecule has 142 valence electrons. The molecule has 0 aliphatic carbocycles. The Bertz CT molecular complexity index is 1130. The molecule has 0 radical (unpaired) electrons. The first-order chi connectivity index (χ1) is 13.6. The molecule has 28 heavy (non-hydrogen) atoms. The molecule has 0 atom stereocenters. The third kappa shape index (κ3) is 3.54. The summed E-state index contributed by atoms with van der Waals surface area (Å²) in [4.78, 5) is 16.6. The van der Waals surface area contributed by atoms with Gasteiger partial charge in [0.25, 0.3) is 5.89 Å². The van der Waals surface area contributed by atoms with E-state index in [4.69, 9.17) is 9.26 Å². The zero-order chi connectivity index (χ0) is 19.5. The van der Waals surface area contributed by atoms with Crippen molar-refractivity contribution in [1.29, 1.82) is 0 Å². The summed E-state index contributed by atoms with van der Waals surface area (Å²) < 4.78 is 12.2. The average Bonchev–Trinajstić information content (AvgIpc) is 3.32. The van der Waals surface area contributed by atoms with Gasteiger partial charge in [0.2, 0.25) is 5.91 Å². The number of fused-ring (bicyclic) bond motifs is 1. The molecule has 0 saturated carbocycles. The van der Waals surface area contributed by atoms with E-state index >= 15 is 0 Å². The van der Waals surface area contributed by atoms with Crippen LogP contribution in [0.2, 0.25) is 0 Å². The highest BCUT2D eigenvalue weighted by Gasteiger charge is 2.14. The number of pyridine rings is 1. The molecule has 0 unspecified atom stereocenters. The second-order valence-corrected chi connectivity index (χ2v) is 6.17. The Labute approximate surface area is 160 Å². The van der Waals surface area contributed by atoms with Crippen molar-refractivity contribution in [2.75, 3.05) is 7.11 Å². The highest BCUT2D eigenvalue weighted by molar-refractivity contribution is 5.78. The fourth-order valence-corrected chi connectivity index (χ4v) is 2.85. The van der Waals surface area contributed by atoms with Gasteiger partial charge in [-0.3, -0.25) is 9.20 Å². The Hall–Kier alpha value is -3.75. The molecule has 0 saturated heterocycles. The van der Waals surface area contributed by atoms with Crippen molar-refractivity contribution in [2.24, 2.45) is 0 Å². The summed E-state index contributed by atoms with van der Waals surface area (Å²) >= 11 is 0. The maximum Gasteiger partial charge on any atom is 0.259 e. The standard InChI is InChI=1S/C19H18N6O3/c1-12-21-19(28-24-12)14-7-8-16-22-23-17(25(16)11-14)9-18(26)20-10-13-5-3-4-6-15(13)27-2/h3-8,11H,9-10H2,1-2H3,(H,20,26). The summed E-state index contributed by atoms with van der Waals surface area (Å²) in [5, 5.41) is 14.9. The second-order valence-electron chi connectivity index (χ2n) is 6.17. The third-order valence-corrected chi connectivity index (χ3v) is 4.23. The summed E-state index contributed by atoms with van der Waals surface area (Å²) in [5.74, 6) is 2.04. The van der Waals surface area contributed by atoms with E-state index in [2.05, 4.69) is 25.7 Å². The molecule has 4 rings (SSSR count). The molecule has 3 aromatic heterocycles. The van der Waals surface area contributed by atoms with Crippen LogP contribution >= 0.6 is 0 Å². The molecule has 1 aromatic carbocycles. The number of para-hydroxylation sites is 1. The number of benzene rings is 1. The van der Waals surface area contributed by atoms with E-state index in [-0.39, 0.29) is 12.3 Å². The summed E-state index contributed by atoms with van der Waals surface area (Å²) in [6.45, 7) is 2.12. The van der Waals surface area contributed by atoms with Crippen molar-refractivity contribution < 1.29 is 14.1 Å². The summed E-state index contributed by atoms with van der Waals surface area (Å²) in [6, 6.07) is 11.2. The number of hydrogen-bond donors (Lipinski definition) is 1. The summed E-state index contributed by atoms with van der Waals surface area (Å²) in [6.07, 6.45) is 1.87. The largest absolute Gasteiger partial charge is 0.496 e. The molecular formula is C19H18N6O3. The van der Waals surface area contributed by atoms with Crippen LogP contribution in [-0.2, 0) is 17.8 Å². The Kier molecular flexibility index (Phi) is 4.71. The topological polar surface area (TPSA) is 107 Å². The molecule has 0 spiro atoms. The van der Waals surface area contributed by atoms with Crippen molar-refractivity contribution >= 4 is 11.6 Å². The number of carbonyl (C=O) groups is 1. The molecule has 0 aliphatic heterocycles. The lowest BCUT2D eigenvalue weighted by Gasteiger charge is -2.09. The van der Waals surface area contributed by atoms with Crippen LogP contribution in [0.15, 0.2) is 47.1 Å². The van der Waals surface area contributed by atoms with E-state index in [0.717, 1.165) is 16.9 Å². The van der Waals surface area contributed by atoms with Gasteiger partial charge in [-0.2, -0.15) is 4.98 Å². The summed E-state index contributed by atoms with van der Waals surface area (Å²) in [5.41, 5.74) is 2.26. The van der Waals surface area contributed by atoms with Gasteiger partial charge >= 0.3 is 0 Å². The van der Waals surface area contributed by atoms with E-state index in [1.165, 1.54) is 0 Å². The first-order valence-electron chi connectivity index (χ1n) is 8.67. The number of ether oxygens (including phenoxy) is 1. The van der Waals surface area contributed by atoms with Crippen molar-refractivity contribution in [1.82, 2.24) is 30.1 Å². The van der Waals surface area contributed by atoms with Crippen molar-refractivity contribution in [3.8, 4) is 17.2 Å². The van der Waals surface area contributed by atoms with Gasteiger partial charge < -0.3 is 14.6 Å². The maximum absolute atomic E-state index is 12.4. The van der Waals surface area contributed by atoms with Crippen LogP contribution in [0.25, 0.3) is 17.1 Å². The number of carbonyl (C=O) groups excluding carboxylic acids is 1. The number of nitrogens with one attached hydrogen (secondary N) is 1. The number of nitrogens with zero attached hydrogens (tertiary/aromatic N) is 5. The SMILES string of the molecule is COc1ccccc1CNC(=O)Cc1nnc2ccc(-c3nc(C)no3)cn12. The molecule has 9 nitrogen and oxygen atoms in total. The van der Waals surface area contributed by atoms with Crippen LogP contribution in [-0.4, -0.2) is 37.8 Å². The minimum atomic E-state index is -0.167. The highest BCUT2D eigenvalue weighted by Crippen LogP contribution is 2.19. The van der Waals surface area contributed by atoms with Crippen molar-refractivity contribution in [2.45, 2.75) is 19.9 Å². The van der Waals surface area contributed by atoms with E-state index < -0.39 is 0 Å². The predicted octanol–water partition coefficient (Wildman–Crippen LogP) is 1.96. The van der Waals surface area contributed by atoms with Gasteiger partial charge in [-0.05, 0) is 25.1 Å². The third-order valence-electron chi connectivity index (χ3n) is 4.23. The van der Waals surface area contributed by atoms with E-state index in [0.29, 0.717) is 29.7 Å². The average molecular weight is 378 g/mol. The number of rotatable bonds is 6. The van der Waals surface area contributed by atoms with Gasteiger partial charge in [0.15, 0.2) is 11.5 Å². The normalized spacial score (nSPS) is 10.9. The molecular weight excluding hydrogens is 360 g/mol.